The van der Waals surface area contributed by atoms with Crippen LogP contribution in [0.1, 0.15) is 18.9 Å². The van der Waals surface area contributed by atoms with Crippen molar-refractivity contribution >= 4 is 0 Å². The Labute approximate surface area is 82.8 Å². The number of phenolic OH excluding ortho intramolecular Hbond substituents is 1. The first-order valence-electron chi connectivity index (χ1n) is 4.87. The highest BCUT2D eigenvalue weighted by Crippen LogP contribution is 2.29. The molecular weight excluding hydrogens is 181 g/mol. The van der Waals surface area contributed by atoms with E-state index in [0.29, 0.717) is 24.1 Å². The zero-order chi connectivity index (χ0) is 10.1. The monoisotopic (exact) mass is 195 g/mol. The van der Waals surface area contributed by atoms with Crippen LogP contribution >= 0.6 is 0 Å². The van der Waals surface area contributed by atoms with Gasteiger partial charge in [0.1, 0.15) is 11.6 Å². The summed E-state index contributed by atoms with van der Waals surface area (Å²) in [7, 11) is 0. The molecule has 1 aromatic rings. The highest BCUT2D eigenvalue weighted by molar-refractivity contribution is 5.32. The lowest BCUT2D eigenvalue weighted by Crippen LogP contribution is -2.17. The molecule has 0 heterocycles. The maximum absolute atomic E-state index is 12.8. The largest absolute Gasteiger partial charge is 0.508 e. The average Bonchev–Trinajstić information content (AvgIpc) is 2.84. The van der Waals surface area contributed by atoms with Crippen molar-refractivity contribution in [2.45, 2.75) is 25.9 Å². The summed E-state index contributed by atoms with van der Waals surface area (Å²) in [6.45, 7) is 2.71. The molecule has 0 aliphatic heterocycles. The Hall–Kier alpha value is -1.09. The Morgan fingerprint density at radius 3 is 2.93 bits per heavy atom. The zero-order valence-corrected chi connectivity index (χ0v) is 8.13. The maximum Gasteiger partial charge on any atom is 0.123 e. The number of halogens is 1. The fraction of sp³-hybridized carbons (Fsp3) is 0.455. The van der Waals surface area contributed by atoms with Crippen molar-refractivity contribution in [2.24, 2.45) is 5.92 Å². The highest BCUT2D eigenvalue weighted by Gasteiger charge is 2.31. The van der Waals surface area contributed by atoms with E-state index in [2.05, 4.69) is 12.2 Å². The summed E-state index contributed by atoms with van der Waals surface area (Å²) in [5.41, 5.74) is 0.629. The smallest absolute Gasteiger partial charge is 0.123 e. The maximum atomic E-state index is 12.8. The summed E-state index contributed by atoms with van der Waals surface area (Å²) in [5, 5.41) is 12.7. The summed E-state index contributed by atoms with van der Waals surface area (Å²) in [6.07, 6.45) is 1.18. The van der Waals surface area contributed by atoms with Crippen molar-refractivity contribution in [3.05, 3.63) is 29.6 Å². The Bertz CT molecular complexity index is 340. The molecule has 2 N–H and O–H groups in total. The predicted octanol–water partition coefficient (Wildman–Crippen LogP) is 2.03. The second-order valence-electron chi connectivity index (χ2n) is 3.97. The predicted molar refractivity (Wildman–Crippen MR) is 52.5 cm³/mol. The first kappa shape index (κ1) is 9.46. The van der Waals surface area contributed by atoms with E-state index in [9.17, 15) is 9.50 Å². The average molecular weight is 195 g/mol. The van der Waals surface area contributed by atoms with Crippen molar-refractivity contribution in [2.75, 3.05) is 0 Å². The number of benzene rings is 1. The first-order valence-corrected chi connectivity index (χ1v) is 4.87. The molecule has 3 heteroatoms. The topological polar surface area (TPSA) is 32.3 Å². The van der Waals surface area contributed by atoms with Crippen molar-refractivity contribution in [3.63, 3.8) is 0 Å². The van der Waals surface area contributed by atoms with E-state index in [1.54, 1.807) is 0 Å². The Morgan fingerprint density at radius 1 is 1.57 bits per heavy atom. The van der Waals surface area contributed by atoms with Crippen molar-refractivity contribution in [1.29, 1.82) is 0 Å². The van der Waals surface area contributed by atoms with E-state index < -0.39 is 0 Å². The SMILES string of the molecule is CC1CC1NCc1cc(F)ccc1O. The van der Waals surface area contributed by atoms with E-state index in [-0.39, 0.29) is 11.6 Å². The van der Waals surface area contributed by atoms with Gasteiger partial charge in [-0.15, -0.1) is 0 Å². The van der Waals surface area contributed by atoms with E-state index in [4.69, 9.17) is 0 Å². The van der Waals surface area contributed by atoms with Crippen molar-refractivity contribution < 1.29 is 9.50 Å². The molecule has 0 aromatic heterocycles. The molecule has 1 aliphatic carbocycles. The molecule has 2 unspecified atom stereocenters. The number of hydrogen-bond donors (Lipinski definition) is 2. The minimum absolute atomic E-state index is 0.159. The molecule has 0 amide bonds. The molecule has 0 radical (unpaired) electrons. The van der Waals surface area contributed by atoms with Crippen LogP contribution in [0.15, 0.2) is 18.2 Å². The fourth-order valence-corrected chi connectivity index (χ4v) is 1.54. The third-order valence-electron chi connectivity index (χ3n) is 2.71. The quantitative estimate of drug-likeness (QED) is 0.773. The fourth-order valence-electron chi connectivity index (χ4n) is 1.54. The van der Waals surface area contributed by atoms with Crippen molar-refractivity contribution in [1.82, 2.24) is 5.32 Å². The molecule has 1 fully saturated rings. The van der Waals surface area contributed by atoms with Crippen LogP contribution in [0, 0.1) is 11.7 Å². The van der Waals surface area contributed by atoms with Crippen LogP contribution in [0.5, 0.6) is 5.75 Å². The molecule has 0 spiro atoms. The number of aromatic hydroxyl groups is 1. The molecular formula is C11H14FNO. The molecule has 2 nitrogen and oxygen atoms in total. The second kappa shape index (κ2) is 3.58. The number of phenols is 1. The van der Waals surface area contributed by atoms with Gasteiger partial charge in [-0.3, -0.25) is 0 Å². The highest BCUT2D eigenvalue weighted by atomic mass is 19.1. The summed E-state index contributed by atoms with van der Waals surface area (Å²) >= 11 is 0. The molecule has 76 valence electrons. The normalized spacial score (nSPS) is 25.0. The molecule has 1 saturated carbocycles. The minimum atomic E-state index is -0.302. The summed E-state index contributed by atoms with van der Waals surface area (Å²) in [4.78, 5) is 0. The van der Waals surface area contributed by atoms with Gasteiger partial charge in [0.05, 0.1) is 0 Å². The van der Waals surface area contributed by atoms with Gasteiger partial charge < -0.3 is 10.4 Å². The van der Waals surface area contributed by atoms with Gasteiger partial charge >= 0.3 is 0 Å². The Morgan fingerprint density at radius 2 is 2.29 bits per heavy atom. The van der Waals surface area contributed by atoms with Gasteiger partial charge in [-0.2, -0.15) is 0 Å². The van der Waals surface area contributed by atoms with Crippen molar-refractivity contribution in [3.8, 4) is 5.75 Å². The Kier molecular flexibility index (Phi) is 2.42. The molecule has 0 bridgehead atoms. The standard InChI is InChI=1S/C11H14FNO/c1-7-4-10(7)13-6-8-5-9(12)2-3-11(8)14/h2-3,5,7,10,13-14H,4,6H2,1H3. The summed E-state index contributed by atoms with van der Waals surface area (Å²) < 4.78 is 12.8. The molecule has 2 rings (SSSR count). The van der Waals surface area contributed by atoms with Gasteiger partial charge in [0.2, 0.25) is 0 Å². The van der Waals surface area contributed by atoms with Crippen LogP contribution in [0.2, 0.25) is 0 Å². The Balaban J connectivity index is 1.97. The number of nitrogens with one attached hydrogen (secondary N) is 1. The summed E-state index contributed by atoms with van der Waals surface area (Å²) in [6, 6.07) is 4.56. The number of rotatable bonds is 3. The van der Waals surface area contributed by atoms with Gasteiger partial charge in [-0.25, -0.2) is 4.39 Å². The van der Waals surface area contributed by atoms with Crippen LogP contribution in [0.3, 0.4) is 0 Å². The molecule has 1 aliphatic rings. The molecule has 1 aromatic carbocycles. The van der Waals surface area contributed by atoms with E-state index in [0.717, 1.165) is 0 Å². The lowest BCUT2D eigenvalue weighted by Gasteiger charge is -2.05. The van der Waals surface area contributed by atoms with Gasteiger partial charge in [0.15, 0.2) is 0 Å². The van der Waals surface area contributed by atoms with Gasteiger partial charge in [0, 0.05) is 18.2 Å². The van der Waals surface area contributed by atoms with Crippen LogP contribution in [0.4, 0.5) is 4.39 Å². The molecule has 2 atom stereocenters. The third kappa shape index (κ3) is 2.04. The van der Waals surface area contributed by atoms with Crippen LogP contribution in [0.25, 0.3) is 0 Å². The van der Waals surface area contributed by atoms with Crippen LogP contribution in [-0.4, -0.2) is 11.1 Å². The lowest BCUT2D eigenvalue weighted by molar-refractivity contribution is 0.461. The zero-order valence-electron chi connectivity index (χ0n) is 8.13. The van der Waals surface area contributed by atoms with Crippen LogP contribution < -0.4 is 5.32 Å². The molecule has 14 heavy (non-hydrogen) atoms. The first-order chi connectivity index (χ1) is 6.66. The minimum Gasteiger partial charge on any atom is -0.508 e. The second-order valence-corrected chi connectivity index (χ2v) is 3.97. The van der Waals surface area contributed by atoms with E-state index >= 15 is 0 Å². The summed E-state index contributed by atoms with van der Waals surface area (Å²) in [5.74, 6) is 0.571. The lowest BCUT2D eigenvalue weighted by atomic mass is 10.2. The van der Waals surface area contributed by atoms with E-state index in [1.165, 1.54) is 24.6 Å². The van der Waals surface area contributed by atoms with E-state index in [1.807, 2.05) is 0 Å². The van der Waals surface area contributed by atoms with Gasteiger partial charge in [-0.1, -0.05) is 6.92 Å². The molecule has 0 saturated heterocycles. The van der Waals surface area contributed by atoms with Crippen LogP contribution in [-0.2, 0) is 6.54 Å². The third-order valence-corrected chi connectivity index (χ3v) is 2.71. The van der Waals surface area contributed by atoms with Gasteiger partial charge in [-0.05, 0) is 30.5 Å². The van der Waals surface area contributed by atoms with Gasteiger partial charge in [0.25, 0.3) is 0 Å². The number of hydrogen-bond acceptors (Lipinski definition) is 2.